The van der Waals surface area contributed by atoms with Crippen LogP contribution in [0, 0.1) is 5.92 Å². The number of methoxy groups -OCH3 is 1. The molecule has 2 amide bonds. The maximum absolute atomic E-state index is 13.4. The molecule has 2 aliphatic rings. The number of piperidine rings is 1. The molecule has 1 saturated heterocycles. The highest BCUT2D eigenvalue weighted by atomic mass is 35.5. The highest BCUT2D eigenvalue weighted by molar-refractivity contribution is 6.30. The van der Waals surface area contributed by atoms with Crippen molar-refractivity contribution in [2.75, 3.05) is 40.4 Å². The zero-order chi connectivity index (χ0) is 26.0. The van der Waals surface area contributed by atoms with Gasteiger partial charge in [0, 0.05) is 50.3 Å². The summed E-state index contributed by atoms with van der Waals surface area (Å²) in [6.45, 7) is 2.41. The summed E-state index contributed by atoms with van der Waals surface area (Å²) in [6, 6.07) is 7.22. The van der Waals surface area contributed by atoms with Gasteiger partial charge in [0.2, 0.25) is 0 Å². The largest absolute Gasteiger partial charge is 0.390 e. The standard InChI is InChI=1S/C28H46ClN3O4/c1-30-20-25(19-27(34)13-4-3-5-14-27)31-26(33)32-16-9-11-23(21-32)28(35,15-6-7-17-36-2)22-10-8-12-24(29)18-22/h8,10,12,18,23,25,30,34-35H,3-7,9,11,13-17,19-21H2,1-2H3,(H,31,33). The predicted octanol–water partition coefficient (Wildman–Crippen LogP) is 4.44. The van der Waals surface area contributed by atoms with Crippen LogP contribution in [0.5, 0.6) is 0 Å². The van der Waals surface area contributed by atoms with Gasteiger partial charge in [-0.05, 0) is 76.1 Å². The number of nitrogens with one attached hydrogen (secondary N) is 2. The van der Waals surface area contributed by atoms with Gasteiger partial charge in [0.25, 0.3) is 0 Å². The molecule has 2 fully saturated rings. The maximum atomic E-state index is 13.4. The first-order chi connectivity index (χ1) is 17.3. The topological polar surface area (TPSA) is 94.1 Å². The zero-order valence-corrected chi connectivity index (χ0v) is 22.9. The summed E-state index contributed by atoms with van der Waals surface area (Å²) in [5, 5.41) is 30.1. The molecule has 1 aromatic rings. The minimum absolute atomic E-state index is 0.0942. The summed E-state index contributed by atoms with van der Waals surface area (Å²) in [5.74, 6) is -0.0942. The van der Waals surface area contributed by atoms with Gasteiger partial charge in [-0.3, -0.25) is 0 Å². The minimum Gasteiger partial charge on any atom is -0.390 e. The number of benzene rings is 1. The number of rotatable bonds is 12. The number of ether oxygens (including phenoxy) is 1. The van der Waals surface area contributed by atoms with Crippen molar-refractivity contribution < 1.29 is 19.7 Å². The Hall–Kier alpha value is -1.38. The Morgan fingerprint density at radius 1 is 1.28 bits per heavy atom. The number of hydrogen-bond acceptors (Lipinski definition) is 5. The average molecular weight is 524 g/mol. The third-order valence-corrected chi connectivity index (χ3v) is 8.29. The number of hydrogen-bond donors (Lipinski definition) is 4. The first-order valence-electron chi connectivity index (χ1n) is 13.7. The quantitative estimate of drug-likeness (QED) is 0.304. The lowest BCUT2D eigenvalue weighted by Gasteiger charge is -2.43. The number of unbranched alkanes of at least 4 members (excludes halogenated alkanes) is 1. The molecule has 0 spiro atoms. The number of halogens is 1. The van der Waals surface area contributed by atoms with Gasteiger partial charge in [0.05, 0.1) is 11.2 Å². The van der Waals surface area contributed by atoms with Crippen LogP contribution in [0.25, 0.3) is 0 Å². The van der Waals surface area contributed by atoms with Crippen LogP contribution in [0.1, 0.15) is 76.2 Å². The Labute approximate surface area is 221 Å². The zero-order valence-electron chi connectivity index (χ0n) is 22.1. The maximum Gasteiger partial charge on any atom is 0.317 e. The normalized spacial score (nSPS) is 22.6. The van der Waals surface area contributed by atoms with Gasteiger partial charge in [0.1, 0.15) is 0 Å². The van der Waals surface area contributed by atoms with E-state index in [0.717, 1.165) is 56.9 Å². The first-order valence-corrected chi connectivity index (χ1v) is 14.1. The van der Waals surface area contributed by atoms with Gasteiger partial charge < -0.3 is 30.5 Å². The number of urea groups is 1. The summed E-state index contributed by atoms with van der Waals surface area (Å²) >= 11 is 6.30. The average Bonchev–Trinajstić information content (AvgIpc) is 2.87. The van der Waals surface area contributed by atoms with Crippen LogP contribution < -0.4 is 10.6 Å². The van der Waals surface area contributed by atoms with Crippen molar-refractivity contribution in [3.63, 3.8) is 0 Å². The summed E-state index contributed by atoms with van der Waals surface area (Å²) < 4.78 is 5.21. The Morgan fingerprint density at radius 3 is 2.75 bits per heavy atom. The van der Waals surface area contributed by atoms with Crippen molar-refractivity contribution >= 4 is 17.6 Å². The number of likely N-dealkylation sites (N-methyl/N-ethyl adjacent to an activating group) is 1. The fourth-order valence-corrected chi connectivity index (χ4v) is 6.28. The molecule has 7 nitrogen and oxygen atoms in total. The van der Waals surface area contributed by atoms with Gasteiger partial charge in [-0.2, -0.15) is 0 Å². The molecule has 204 valence electrons. The van der Waals surface area contributed by atoms with Crippen LogP contribution in [-0.2, 0) is 10.3 Å². The second-order valence-electron chi connectivity index (χ2n) is 10.9. The number of carbonyl (C=O) groups is 1. The summed E-state index contributed by atoms with van der Waals surface area (Å²) in [4.78, 5) is 15.2. The summed E-state index contributed by atoms with van der Waals surface area (Å²) in [5.41, 5.74) is -0.960. The fraction of sp³-hybridized carbons (Fsp3) is 0.750. The highest BCUT2D eigenvalue weighted by Gasteiger charge is 2.41. The van der Waals surface area contributed by atoms with E-state index in [4.69, 9.17) is 16.3 Å². The molecule has 0 radical (unpaired) electrons. The van der Waals surface area contributed by atoms with Gasteiger partial charge in [-0.25, -0.2) is 4.79 Å². The van der Waals surface area contributed by atoms with E-state index in [1.165, 1.54) is 6.42 Å². The third-order valence-electron chi connectivity index (χ3n) is 8.05. The van der Waals surface area contributed by atoms with E-state index in [1.807, 2.05) is 36.2 Å². The Kier molecular flexibility index (Phi) is 11.3. The molecule has 0 aromatic heterocycles. The van der Waals surface area contributed by atoms with Crippen molar-refractivity contribution in [3.8, 4) is 0 Å². The second-order valence-corrected chi connectivity index (χ2v) is 11.3. The van der Waals surface area contributed by atoms with E-state index in [-0.39, 0.29) is 18.0 Å². The van der Waals surface area contributed by atoms with Crippen LogP contribution in [0.2, 0.25) is 5.02 Å². The van der Waals surface area contributed by atoms with Gasteiger partial charge in [0.15, 0.2) is 0 Å². The molecule has 8 heteroatoms. The number of nitrogens with zero attached hydrogens (tertiary/aromatic N) is 1. The van der Waals surface area contributed by atoms with Gasteiger partial charge in [-0.15, -0.1) is 0 Å². The number of carbonyl (C=O) groups excluding carboxylic acids is 1. The second kappa shape index (κ2) is 14.0. The molecule has 3 rings (SSSR count). The molecule has 1 saturated carbocycles. The first kappa shape index (κ1) is 29.2. The Balaban J connectivity index is 1.70. The molecule has 4 N–H and O–H groups in total. The van der Waals surface area contributed by atoms with Gasteiger partial charge >= 0.3 is 6.03 Å². The highest BCUT2D eigenvalue weighted by Crippen LogP contribution is 2.40. The van der Waals surface area contributed by atoms with Crippen LogP contribution >= 0.6 is 11.6 Å². The molecule has 3 atom stereocenters. The van der Waals surface area contributed by atoms with Crippen LogP contribution in [0.15, 0.2) is 24.3 Å². The van der Waals surface area contributed by atoms with Crippen molar-refractivity contribution in [2.24, 2.45) is 5.92 Å². The van der Waals surface area contributed by atoms with E-state index in [0.29, 0.717) is 44.1 Å². The molecule has 1 heterocycles. The van der Waals surface area contributed by atoms with Crippen molar-refractivity contribution in [1.82, 2.24) is 15.5 Å². The summed E-state index contributed by atoms with van der Waals surface area (Å²) in [7, 11) is 3.56. The SMILES string of the molecule is CNCC(CC1(O)CCCCC1)NC(=O)N1CCCC(C(O)(CCCCOC)c2cccc(Cl)c2)C1. The number of likely N-dealkylation sites (tertiary alicyclic amines) is 1. The Bertz CT molecular complexity index is 820. The van der Waals surface area contributed by atoms with Gasteiger partial charge in [-0.1, -0.05) is 43.0 Å². The number of amides is 2. The molecular formula is C28H46ClN3O4. The smallest absolute Gasteiger partial charge is 0.317 e. The minimum atomic E-state index is -1.07. The van der Waals surface area contributed by atoms with E-state index < -0.39 is 11.2 Å². The lowest BCUT2D eigenvalue weighted by atomic mass is 9.74. The van der Waals surface area contributed by atoms with E-state index >= 15 is 0 Å². The van der Waals surface area contributed by atoms with Crippen LogP contribution in [0.4, 0.5) is 4.79 Å². The molecule has 1 aliphatic heterocycles. The monoisotopic (exact) mass is 523 g/mol. The van der Waals surface area contributed by atoms with E-state index in [1.54, 1.807) is 7.11 Å². The van der Waals surface area contributed by atoms with Crippen LogP contribution in [-0.4, -0.2) is 73.2 Å². The predicted molar refractivity (Wildman–Crippen MR) is 144 cm³/mol. The fourth-order valence-electron chi connectivity index (χ4n) is 6.09. The Morgan fingerprint density at radius 2 is 2.06 bits per heavy atom. The number of aliphatic hydroxyl groups is 2. The molecule has 1 aliphatic carbocycles. The molecule has 0 bridgehead atoms. The lowest BCUT2D eigenvalue weighted by molar-refractivity contribution is -0.0565. The van der Waals surface area contributed by atoms with Crippen molar-refractivity contribution in [1.29, 1.82) is 0 Å². The molecule has 36 heavy (non-hydrogen) atoms. The van der Waals surface area contributed by atoms with Crippen molar-refractivity contribution in [3.05, 3.63) is 34.9 Å². The molecule has 1 aromatic carbocycles. The van der Waals surface area contributed by atoms with E-state index in [2.05, 4.69) is 10.6 Å². The summed E-state index contributed by atoms with van der Waals surface area (Å²) in [6.07, 6.45) is 9.35. The van der Waals surface area contributed by atoms with E-state index in [9.17, 15) is 15.0 Å². The lowest BCUT2D eigenvalue weighted by Crippen LogP contribution is -2.55. The molecular weight excluding hydrogens is 478 g/mol. The molecule has 3 unspecified atom stereocenters. The van der Waals surface area contributed by atoms with Crippen LogP contribution in [0.3, 0.4) is 0 Å². The van der Waals surface area contributed by atoms with Crippen molar-refractivity contribution in [2.45, 2.75) is 87.9 Å². The third kappa shape index (κ3) is 8.06.